The molecule has 0 radical (unpaired) electrons. The summed E-state index contributed by atoms with van der Waals surface area (Å²) in [5.41, 5.74) is 3.46. The van der Waals surface area contributed by atoms with E-state index in [4.69, 9.17) is 44.3 Å². The second-order valence-corrected chi connectivity index (χ2v) is 18.2. The number of amides is 2. The van der Waals surface area contributed by atoms with Crippen molar-refractivity contribution >= 4 is 58.0 Å². The van der Waals surface area contributed by atoms with Crippen molar-refractivity contribution in [2.45, 2.75) is 109 Å². The molecular formula is C45H67Cl3N6O4. The number of piperazine rings is 2. The van der Waals surface area contributed by atoms with E-state index in [9.17, 15) is 9.59 Å². The van der Waals surface area contributed by atoms with E-state index >= 15 is 0 Å². The largest absolute Gasteiger partial charge is 0.369 e. The number of anilines is 2. The smallest absolute Gasteiger partial charge is 0.252 e. The summed E-state index contributed by atoms with van der Waals surface area (Å²) >= 11 is 18.8. The van der Waals surface area contributed by atoms with Gasteiger partial charge in [0.15, 0.2) is 12.2 Å². The molecule has 0 spiro atoms. The predicted molar refractivity (Wildman–Crippen MR) is 238 cm³/mol. The summed E-state index contributed by atoms with van der Waals surface area (Å²) in [6, 6.07) is 12.4. The molecule has 2 unspecified atom stereocenters. The minimum absolute atomic E-state index is 0.0817. The predicted octanol–water partition coefficient (Wildman–Crippen LogP) is 7.84. The number of nitrogens with zero attached hydrogens (tertiary/aromatic N) is 4. The Hall–Kier alpha value is -2.31. The van der Waals surface area contributed by atoms with Crippen molar-refractivity contribution in [2.24, 2.45) is 11.8 Å². The third-order valence-electron chi connectivity index (χ3n) is 13.1. The molecule has 0 bridgehead atoms. The third-order valence-corrected chi connectivity index (χ3v) is 14.3. The van der Waals surface area contributed by atoms with Gasteiger partial charge >= 0.3 is 0 Å². The highest BCUT2D eigenvalue weighted by Crippen LogP contribution is 2.31. The Labute approximate surface area is 362 Å². The maximum Gasteiger partial charge on any atom is 0.252 e. The van der Waals surface area contributed by atoms with E-state index in [1.54, 1.807) is 0 Å². The second kappa shape index (κ2) is 22.5. The van der Waals surface area contributed by atoms with Gasteiger partial charge in [-0.25, -0.2) is 0 Å². The lowest BCUT2D eigenvalue weighted by Crippen LogP contribution is -2.55. The van der Waals surface area contributed by atoms with Gasteiger partial charge in [-0.3, -0.25) is 19.4 Å². The second-order valence-electron chi connectivity index (χ2n) is 17.0. The average Bonchev–Trinajstić information content (AvgIpc) is 3.24. The molecule has 2 heterocycles. The Morgan fingerprint density at radius 3 is 1.41 bits per heavy atom. The van der Waals surface area contributed by atoms with E-state index in [0.29, 0.717) is 35.1 Å². The normalized spacial score (nSPS) is 24.7. The van der Waals surface area contributed by atoms with Crippen LogP contribution in [0.1, 0.15) is 83.6 Å². The molecule has 10 nitrogen and oxygen atoms in total. The quantitative estimate of drug-likeness (QED) is 0.167. The first kappa shape index (κ1) is 45.2. The van der Waals surface area contributed by atoms with Crippen molar-refractivity contribution in [1.29, 1.82) is 0 Å². The molecule has 2 saturated carbocycles. The fourth-order valence-corrected chi connectivity index (χ4v) is 9.83. The Bertz CT molecular complexity index is 1490. The van der Waals surface area contributed by atoms with E-state index in [2.05, 4.69) is 48.4 Å². The molecule has 13 heteroatoms. The summed E-state index contributed by atoms with van der Waals surface area (Å²) in [6.45, 7) is 16.8. The molecule has 58 heavy (non-hydrogen) atoms. The Balaban J connectivity index is 0.873. The number of aryl methyl sites for hydroxylation is 1. The first-order valence-corrected chi connectivity index (χ1v) is 23.2. The summed E-state index contributed by atoms with van der Waals surface area (Å²) < 4.78 is 11.9. The highest BCUT2D eigenvalue weighted by atomic mass is 35.5. The fourth-order valence-electron chi connectivity index (χ4n) is 9.37. The lowest BCUT2D eigenvalue weighted by molar-refractivity contribution is -0.157. The van der Waals surface area contributed by atoms with Crippen LogP contribution in [0.2, 0.25) is 15.1 Å². The van der Waals surface area contributed by atoms with Crippen LogP contribution in [0.3, 0.4) is 0 Å². The van der Waals surface area contributed by atoms with Crippen molar-refractivity contribution < 1.29 is 19.1 Å². The van der Waals surface area contributed by atoms with Crippen molar-refractivity contribution in [2.75, 3.05) is 88.5 Å². The van der Waals surface area contributed by atoms with Crippen LogP contribution in [0.5, 0.6) is 0 Å². The minimum Gasteiger partial charge on any atom is -0.369 e. The molecule has 0 aromatic heterocycles. The molecule has 322 valence electrons. The van der Waals surface area contributed by atoms with E-state index in [-0.39, 0.29) is 23.9 Å². The zero-order valence-corrected chi connectivity index (χ0v) is 37.3. The summed E-state index contributed by atoms with van der Waals surface area (Å²) in [4.78, 5) is 37.4. The van der Waals surface area contributed by atoms with Gasteiger partial charge in [-0.1, -0.05) is 40.9 Å². The Kier molecular flexibility index (Phi) is 17.6. The number of hydrogen-bond acceptors (Lipinski definition) is 8. The lowest BCUT2D eigenvalue weighted by Gasteiger charge is -2.37. The van der Waals surface area contributed by atoms with Gasteiger partial charge in [0.05, 0.1) is 10.0 Å². The SMILES string of the molecule is CCOC(C(=O)NC1CCC(CCN2CCN(c3ccc(C)c(Cl)c3)CC2)CC1)C(OCC)C(=O)NC1CCC(CCN2CCN(c3ccc(Cl)c(Cl)c3)CC2)CC1. The van der Waals surface area contributed by atoms with Gasteiger partial charge in [-0.2, -0.15) is 0 Å². The van der Waals surface area contributed by atoms with Crippen LogP contribution in [0, 0.1) is 18.8 Å². The van der Waals surface area contributed by atoms with E-state index in [0.717, 1.165) is 133 Å². The number of hydrogen-bond donors (Lipinski definition) is 2. The fraction of sp³-hybridized carbons (Fsp3) is 0.689. The summed E-state index contributed by atoms with van der Waals surface area (Å²) in [5, 5.41) is 8.52. The molecule has 2 N–H and O–H groups in total. The zero-order chi connectivity index (χ0) is 41.0. The lowest BCUT2D eigenvalue weighted by atomic mass is 9.83. The molecular weight excluding hydrogens is 795 g/mol. The number of ether oxygens (including phenoxy) is 2. The van der Waals surface area contributed by atoms with Crippen molar-refractivity contribution in [1.82, 2.24) is 20.4 Å². The van der Waals surface area contributed by atoms with Gasteiger partial charge in [0, 0.05) is 94.1 Å². The Morgan fingerprint density at radius 1 is 0.603 bits per heavy atom. The molecule has 2 aromatic carbocycles. The third kappa shape index (κ3) is 12.9. The first-order chi connectivity index (χ1) is 28.1. The van der Waals surface area contributed by atoms with E-state index in [1.807, 2.05) is 39.0 Å². The van der Waals surface area contributed by atoms with Gasteiger partial charge in [0.2, 0.25) is 0 Å². The highest BCUT2D eigenvalue weighted by molar-refractivity contribution is 6.42. The number of rotatable bonds is 17. The first-order valence-electron chi connectivity index (χ1n) is 22.1. The maximum absolute atomic E-state index is 13.7. The molecule has 2 aromatic rings. The average molecular weight is 862 g/mol. The van der Waals surface area contributed by atoms with Crippen molar-refractivity contribution in [3.05, 3.63) is 57.0 Å². The van der Waals surface area contributed by atoms with Gasteiger partial charge in [0.25, 0.3) is 11.8 Å². The molecule has 2 aliphatic heterocycles. The van der Waals surface area contributed by atoms with E-state index < -0.39 is 12.2 Å². The van der Waals surface area contributed by atoms with Crippen LogP contribution in [-0.2, 0) is 19.1 Å². The van der Waals surface area contributed by atoms with Crippen molar-refractivity contribution in [3.63, 3.8) is 0 Å². The van der Waals surface area contributed by atoms with Gasteiger partial charge in [-0.05, 0) is 146 Å². The molecule has 2 atom stereocenters. The molecule has 2 amide bonds. The number of benzene rings is 2. The minimum atomic E-state index is -0.981. The van der Waals surface area contributed by atoms with Crippen LogP contribution in [-0.4, -0.2) is 125 Å². The zero-order valence-electron chi connectivity index (χ0n) is 35.0. The van der Waals surface area contributed by atoms with Crippen LogP contribution < -0.4 is 20.4 Å². The van der Waals surface area contributed by atoms with E-state index in [1.165, 1.54) is 18.5 Å². The molecule has 2 aliphatic carbocycles. The van der Waals surface area contributed by atoms with Crippen LogP contribution in [0.15, 0.2) is 36.4 Å². The van der Waals surface area contributed by atoms with Gasteiger partial charge in [0.1, 0.15) is 0 Å². The monoisotopic (exact) mass is 860 g/mol. The number of nitrogens with one attached hydrogen (secondary N) is 2. The molecule has 4 aliphatic rings. The maximum atomic E-state index is 13.7. The van der Waals surface area contributed by atoms with Crippen molar-refractivity contribution in [3.8, 4) is 0 Å². The Morgan fingerprint density at radius 2 is 1.02 bits per heavy atom. The topological polar surface area (TPSA) is 89.6 Å². The highest BCUT2D eigenvalue weighted by Gasteiger charge is 2.38. The molecule has 4 fully saturated rings. The molecule has 2 saturated heterocycles. The molecule has 6 rings (SSSR count). The van der Waals surface area contributed by atoms with Crippen LogP contribution >= 0.6 is 34.8 Å². The number of carbonyl (C=O) groups excluding carboxylic acids is 2. The number of halogens is 3. The summed E-state index contributed by atoms with van der Waals surface area (Å²) in [6.07, 6.45) is 8.54. The summed E-state index contributed by atoms with van der Waals surface area (Å²) in [5.74, 6) is 0.833. The van der Waals surface area contributed by atoms with Gasteiger partial charge < -0.3 is 29.9 Å². The van der Waals surface area contributed by atoms with Crippen LogP contribution in [0.4, 0.5) is 11.4 Å². The number of carbonyl (C=O) groups is 2. The van der Waals surface area contributed by atoms with Crippen LogP contribution in [0.25, 0.3) is 0 Å². The standard InChI is InChI=1S/C45H67Cl3N6O4/c1-4-57-42(44(55)49-35-11-7-33(8-12-35)18-20-51-22-26-53(27-23-51)37-15-6-32(3)40(47)30-37)43(58-5-2)45(56)50-36-13-9-34(10-14-36)19-21-52-24-28-54(29-25-52)38-16-17-39(46)41(48)31-38/h6,15-17,30-31,33-36,42-43H,4-5,7-14,18-29H2,1-3H3,(H,49,55)(H,50,56). The van der Waals surface area contributed by atoms with Gasteiger partial charge in [-0.15, -0.1) is 0 Å². The summed E-state index contributed by atoms with van der Waals surface area (Å²) in [7, 11) is 0.